The fourth-order valence-corrected chi connectivity index (χ4v) is 2.88. The van der Waals surface area contributed by atoms with E-state index < -0.39 is 0 Å². The SMILES string of the molecule is O=C1C[C@@H](c2ccccc2)[C@H](c2ccccc2)CN1. The predicted octanol–water partition coefficient (Wildman–Crippen LogP) is 3.07. The van der Waals surface area contributed by atoms with Crippen LogP contribution in [-0.4, -0.2) is 12.5 Å². The van der Waals surface area contributed by atoms with Gasteiger partial charge in [-0.05, 0) is 11.1 Å². The third-order valence-corrected chi connectivity index (χ3v) is 3.87. The lowest BCUT2D eigenvalue weighted by atomic mass is 9.77. The number of rotatable bonds is 2. The molecule has 2 atom stereocenters. The largest absolute Gasteiger partial charge is 0.355 e. The smallest absolute Gasteiger partial charge is 0.220 e. The number of amides is 1. The van der Waals surface area contributed by atoms with E-state index in [-0.39, 0.29) is 11.8 Å². The molecule has 1 aliphatic heterocycles. The van der Waals surface area contributed by atoms with Crippen molar-refractivity contribution < 1.29 is 4.79 Å². The minimum atomic E-state index is 0.154. The van der Waals surface area contributed by atoms with E-state index in [4.69, 9.17) is 0 Å². The van der Waals surface area contributed by atoms with Gasteiger partial charge in [-0.15, -0.1) is 0 Å². The van der Waals surface area contributed by atoms with Gasteiger partial charge in [0.05, 0.1) is 0 Å². The number of nitrogens with one attached hydrogen (secondary N) is 1. The van der Waals surface area contributed by atoms with Crippen molar-refractivity contribution in [2.75, 3.05) is 6.54 Å². The highest BCUT2D eigenvalue weighted by molar-refractivity contribution is 5.78. The fraction of sp³-hybridized carbons (Fsp3) is 0.235. The van der Waals surface area contributed by atoms with Crippen LogP contribution in [0.2, 0.25) is 0 Å². The summed E-state index contributed by atoms with van der Waals surface area (Å²) in [5.74, 6) is 0.791. The monoisotopic (exact) mass is 251 g/mol. The van der Waals surface area contributed by atoms with Crippen LogP contribution in [0.15, 0.2) is 60.7 Å². The van der Waals surface area contributed by atoms with E-state index in [2.05, 4.69) is 41.7 Å². The number of benzene rings is 2. The van der Waals surface area contributed by atoms with Gasteiger partial charge in [-0.3, -0.25) is 4.79 Å². The average Bonchev–Trinajstić information content (AvgIpc) is 2.49. The first-order chi connectivity index (χ1) is 9.34. The van der Waals surface area contributed by atoms with Gasteiger partial charge in [0, 0.05) is 24.8 Å². The molecule has 1 amide bonds. The Bertz CT molecular complexity index is 550. The van der Waals surface area contributed by atoms with Gasteiger partial charge in [0.1, 0.15) is 0 Å². The highest BCUT2D eigenvalue weighted by Crippen LogP contribution is 2.37. The van der Waals surface area contributed by atoms with Crippen molar-refractivity contribution >= 4 is 5.91 Å². The van der Waals surface area contributed by atoms with Gasteiger partial charge in [0.25, 0.3) is 0 Å². The molecule has 2 aromatic carbocycles. The van der Waals surface area contributed by atoms with Crippen molar-refractivity contribution in [2.45, 2.75) is 18.3 Å². The first-order valence-corrected chi connectivity index (χ1v) is 6.71. The minimum Gasteiger partial charge on any atom is -0.355 e. The van der Waals surface area contributed by atoms with Crippen molar-refractivity contribution in [1.82, 2.24) is 5.32 Å². The van der Waals surface area contributed by atoms with Crippen molar-refractivity contribution in [2.24, 2.45) is 0 Å². The molecule has 3 rings (SSSR count). The highest BCUT2D eigenvalue weighted by Gasteiger charge is 2.31. The van der Waals surface area contributed by atoms with Crippen molar-refractivity contribution in [3.63, 3.8) is 0 Å². The van der Waals surface area contributed by atoms with E-state index >= 15 is 0 Å². The molecule has 0 unspecified atom stereocenters. The molecule has 1 fully saturated rings. The Morgan fingerprint density at radius 3 is 1.89 bits per heavy atom. The van der Waals surface area contributed by atoms with E-state index in [1.165, 1.54) is 11.1 Å². The lowest BCUT2D eigenvalue weighted by Crippen LogP contribution is -2.38. The number of carbonyl (C=O) groups is 1. The van der Waals surface area contributed by atoms with Gasteiger partial charge in [0.2, 0.25) is 5.91 Å². The zero-order chi connectivity index (χ0) is 13.1. The van der Waals surface area contributed by atoms with Crippen LogP contribution in [0.4, 0.5) is 0 Å². The maximum absolute atomic E-state index is 11.7. The van der Waals surface area contributed by atoms with Gasteiger partial charge in [-0.1, -0.05) is 60.7 Å². The average molecular weight is 251 g/mol. The van der Waals surface area contributed by atoms with Gasteiger partial charge >= 0.3 is 0 Å². The topological polar surface area (TPSA) is 29.1 Å². The molecule has 1 N–H and O–H groups in total. The van der Waals surface area contributed by atoms with E-state index in [1.54, 1.807) is 0 Å². The number of hydrogen-bond acceptors (Lipinski definition) is 1. The Morgan fingerprint density at radius 1 is 0.789 bits per heavy atom. The number of carbonyl (C=O) groups excluding carboxylic acids is 1. The van der Waals surface area contributed by atoms with Crippen LogP contribution in [-0.2, 0) is 4.79 Å². The maximum atomic E-state index is 11.7. The second-order valence-electron chi connectivity index (χ2n) is 5.04. The summed E-state index contributed by atoms with van der Waals surface area (Å²) in [5, 5.41) is 2.99. The summed E-state index contributed by atoms with van der Waals surface area (Å²) < 4.78 is 0. The number of piperidine rings is 1. The summed E-state index contributed by atoms with van der Waals surface area (Å²) in [7, 11) is 0. The van der Waals surface area contributed by atoms with Crippen LogP contribution in [0.1, 0.15) is 29.4 Å². The maximum Gasteiger partial charge on any atom is 0.220 e. The van der Waals surface area contributed by atoms with E-state index in [9.17, 15) is 4.79 Å². The molecule has 2 nitrogen and oxygen atoms in total. The van der Waals surface area contributed by atoms with Gasteiger partial charge < -0.3 is 5.32 Å². The van der Waals surface area contributed by atoms with E-state index in [0.717, 1.165) is 6.54 Å². The Labute approximate surface area is 113 Å². The standard InChI is InChI=1S/C17H17NO/c19-17-11-15(13-7-3-1-4-8-13)16(12-18-17)14-9-5-2-6-10-14/h1-10,15-16H,11-12H2,(H,18,19)/t15-,16-/m0/s1. The predicted molar refractivity (Wildman–Crippen MR) is 76.0 cm³/mol. The quantitative estimate of drug-likeness (QED) is 0.873. The Kier molecular flexibility index (Phi) is 3.32. The Hall–Kier alpha value is -2.09. The zero-order valence-corrected chi connectivity index (χ0v) is 10.8. The summed E-state index contributed by atoms with van der Waals surface area (Å²) in [5.41, 5.74) is 2.56. The summed E-state index contributed by atoms with van der Waals surface area (Å²) in [6.45, 7) is 0.725. The molecule has 1 aliphatic rings. The van der Waals surface area contributed by atoms with Crippen molar-refractivity contribution in [3.05, 3.63) is 71.8 Å². The van der Waals surface area contributed by atoms with Crippen LogP contribution < -0.4 is 5.32 Å². The molecule has 0 saturated carbocycles. The molecule has 0 aromatic heterocycles. The summed E-state index contributed by atoms with van der Waals surface area (Å²) in [6.07, 6.45) is 0.573. The molecule has 1 heterocycles. The Morgan fingerprint density at radius 2 is 1.32 bits per heavy atom. The molecule has 2 aromatic rings. The summed E-state index contributed by atoms with van der Waals surface area (Å²) in [4.78, 5) is 11.7. The second-order valence-corrected chi connectivity index (χ2v) is 5.04. The number of hydrogen-bond donors (Lipinski definition) is 1. The molecule has 2 heteroatoms. The molecule has 0 aliphatic carbocycles. The third-order valence-electron chi connectivity index (χ3n) is 3.87. The third kappa shape index (κ3) is 2.53. The first kappa shape index (κ1) is 12.0. The van der Waals surface area contributed by atoms with Gasteiger partial charge in [-0.25, -0.2) is 0 Å². The lowest BCUT2D eigenvalue weighted by Gasteiger charge is -2.32. The van der Waals surface area contributed by atoms with E-state index in [1.807, 2.05) is 24.3 Å². The van der Waals surface area contributed by atoms with Crippen LogP contribution in [0, 0.1) is 0 Å². The molecule has 0 spiro atoms. The van der Waals surface area contributed by atoms with Gasteiger partial charge in [-0.2, -0.15) is 0 Å². The Balaban J connectivity index is 1.95. The molecule has 0 bridgehead atoms. The highest BCUT2D eigenvalue weighted by atomic mass is 16.1. The molecular formula is C17H17NO. The first-order valence-electron chi connectivity index (χ1n) is 6.71. The van der Waals surface area contributed by atoms with E-state index in [0.29, 0.717) is 12.3 Å². The van der Waals surface area contributed by atoms with Crippen LogP contribution in [0.25, 0.3) is 0 Å². The van der Waals surface area contributed by atoms with Crippen molar-refractivity contribution in [3.8, 4) is 0 Å². The summed E-state index contributed by atoms with van der Waals surface area (Å²) >= 11 is 0. The van der Waals surface area contributed by atoms with Crippen LogP contribution in [0.5, 0.6) is 0 Å². The normalized spacial score (nSPS) is 22.8. The molecule has 1 saturated heterocycles. The molecule has 0 radical (unpaired) electrons. The zero-order valence-electron chi connectivity index (χ0n) is 10.8. The lowest BCUT2D eigenvalue weighted by molar-refractivity contribution is -0.122. The van der Waals surface area contributed by atoms with Crippen molar-refractivity contribution in [1.29, 1.82) is 0 Å². The van der Waals surface area contributed by atoms with Crippen LogP contribution in [0.3, 0.4) is 0 Å². The van der Waals surface area contributed by atoms with Gasteiger partial charge in [0.15, 0.2) is 0 Å². The second kappa shape index (κ2) is 5.27. The summed E-state index contributed by atoms with van der Waals surface area (Å²) in [6, 6.07) is 20.8. The molecule has 19 heavy (non-hydrogen) atoms. The molecule has 96 valence electrons. The molecular weight excluding hydrogens is 234 g/mol. The van der Waals surface area contributed by atoms with Crippen LogP contribution >= 0.6 is 0 Å². The fourth-order valence-electron chi connectivity index (χ4n) is 2.88. The minimum absolute atomic E-state index is 0.154.